The molecule has 2 N–H and O–H groups in total. The molecule has 0 atom stereocenters. The van der Waals surface area contributed by atoms with Gasteiger partial charge in [-0.2, -0.15) is 9.61 Å². The molecule has 1 aliphatic carbocycles. The lowest BCUT2D eigenvalue weighted by Gasteiger charge is -2.22. The topological polar surface area (TPSA) is 69.1 Å². The van der Waals surface area contributed by atoms with Crippen LogP contribution >= 0.6 is 27.3 Å². The first-order chi connectivity index (χ1) is 12.7. The van der Waals surface area contributed by atoms with Crippen molar-refractivity contribution in [2.24, 2.45) is 0 Å². The van der Waals surface area contributed by atoms with Crippen LogP contribution in [0.1, 0.15) is 43.7 Å². The fourth-order valence-electron chi connectivity index (χ4n) is 3.86. The van der Waals surface area contributed by atoms with Gasteiger partial charge in [-0.15, -0.1) is 11.3 Å². The van der Waals surface area contributed by atoms with Crippen LogP contribution in [0.25, 0.3) is 27.0 Å². The van der Waals surface area contributed by atoms with E-state index in [0.717, 1.165) is 32.5 Å². The summed E-state index contributed by atoms with van der Waals surface area (Å²) in [7, 11) is 0. The molecule has 0 unspecified atom stereocenters. The molecule has 1 aliphatic rings. The summed E-state index contributed by atoms with van der Waals surface area (Å²) in [6, 6.07) is 4.19. The average Bonchev–Trinajstić information content (AvgIpc) is 3.31. The van der Waals surface area contributed by atoms with Gasteiger partial charge in [-0.25, -0.2) is 4.98 Å². The standard InChI is InChI=1S/C19H18BrN5S/c20-16-17(11-4-2-1-3-5-11)24-19-13(10-23-25(19)18(16)21)12-8-15-14(22-9-12)6-7-26-15/h6-11H,1-5,21H2. The van der Waals surface area contributed by atoms with E-state index < -0.39 is 0 Å². The predicted molar refractivity (Wildman–Crippen MR) is 110 cm³/mol. The maximum Gasteiger partial charge on any atom is 0.165 e. The molecule has 0 saturated heterocycles. The molecule has 0 radical (unpaired) electrons. The Bertz CT molecular complexity index is 1110. The van der Waals surface area contributed by atoms with Crippen molar-refractivity contribution in [3.8, 4) is 11.1 Å². The van der Waals surface area contributed by atoms with E-state index in [2.05, 4.69) is 37.5 Å². The zero-order chi connectivity index (χ0) is 17.7. The fraction of sp³-hybridized carbons (Fsp3) is 0.316. The molecule has 0 bridgehead atoms. The molecule has 4 aromatic rings. The van der Waals surface area contributed by atoms with Gasteiger partial charge in [-0.05, 0) is 46.3 Å². The van der Waals surface area contributed by atoms with E-state index in [9.17, 15) is 0 Å². The number of pyridine rings is 1. The summed E-state index contributed by atoms with van der Waals surface area (Å²) in [5.41, 5.74) is 11.3. The molecule has 132 valence electrons. The second-order valence-electron chi connectivity index (χ2n) is 6.85. The third kappa shape index (κ3) is 2.53. The molecule has 4 aromatic heterocycles. The van der Waals surface area contributed by atoms with Crippen LogP contribution in [0.5, 0.6) is 0 Å². The van der Waals surface area contributed by atoms with Crippen molar-refractivity contribution in [2.75, 3.05) is 5.73 Å². The molecule has 26 heavy (non-hydrogen) atoms. The van der Waals surface area contributed by atoms with Gasteiger partial charge in [0.05, 0.1) is 26.6 Å². The quantitative estimate of drug-likeness (QED) is 0.464. The zero-order valence-corrected chi connectivity index (χ0v) is 16.6. The summed E-state index contributed by atoms with van der Waals surface area (Å²) in [6.07, 6.45) is 9.92. The highest BCUT2D eigenvalue weighted by Crippen LogP contribution is 2.39. The number of nitrogen functional groups attached to an aromatic ring is 1. The summed E-state index contributed by atoms with van der Waals surface area (Å²) in [6.45, 7) is 0. The van der Waals surface area contributed by atoms with Gasteiger partial charge in [0.15, 0.2) is 5.65 Å². The molecular formula is C19H18BrN5S. The van der Waals surface area contributed by atoms with E-state index in [-0.39, 0.29) is 0 Å². The number of aromatic nitrogens is 4. The lowest BCUT2D eigenvalue weighted by Crippen LogP contribution is -2.11. The molecule has 1 saturated carbocycles. The van der Waals surface area contributed by atoms with E-state index in [4.69, 9.17) is 10.7 Å². The Hall–Kier alpha value is -1.99. The van der Waals surface area contributed by atoms with Gasteiger partial charge in [0.1, 0.15) is 5.82 Å². The van der Waals surface area contributed by atoms with E-state index >= 15 is 0 Å². The van der Waals surface area contributed by atoms with Crippen LogP contribution < -0.4 is 5.73 Å². The highest BCUT2D eigenvalue weighted by molar-refractivity contribution is 9.10. The first-order valence-electron chi connectivity index (χ1n) is 8.88. The number of thiophene rings is 1. The number of hydrogen-bond donors (Lipinski definition) is 1. The Kier molecular flexibility index (Phi) is 3.94. The second-order valence-corrected chi connectivity index (χ2v) is 8.59. The summed E-state index contributed by atoms with van der Waals surface area (Å²) in [5, 5.41) is 6.55. The fourth-order valence-corrected chi connectivity index (χ4v) is 5.22. The van der Waals surface area contributed by atoms with E-state index in [1.165, 1.54) is 36.8 Å². The molecule has 4 heterocycles. The van der Waals surface area contributed by atoms with Crippen LogP contribution in [-0.4, -0.2) is 19.6 Å². The number of halogens is 1. The molecular weight excluding hydrogens is 410 g/mol. The van der Waals surface area contributed by atoms with Crippen LogP contribution in [-0.2, 0) is 0 Å². The molecule has 7 heteroatoms. The SMILES string of the molecule is Nc1c(Br)c(C2CCCCC2)nc2c(-c3cnc4ccsc4c3)cnn12. The first-order valence-corrected chi connectivity index (χ1v) is 10.6. The van der Waals surface area contributed by atoms with Crippen molar-refractivity contribution in [1.82, 2.24) is 19.6 Å². The van der Waals surface area contributed by atoms with Crippen molar-refractivity contribution in [2.45, 2.75) is 38.0 Å². The zero-order valence-electron chi connectivity index (χ0n) is 14.2. The van der Waals surface area contributed by atoms with Gasteiger partial charge in [0.2, 0.25) is 0 Å². The van der Waals surface area contributed by atoms with Crippen LogP contribution in [0.3, 0.4) is 0 Å². The number of nitrogens with two attached hydrogens (primary N) is 1. The van der Waals surface area contributed by atoms with Crippen molar-refractivity contribution in [1.29, 1.82) is 0 Å². The van der Waals surface area contributed by atoms with Crippen molar-refractivity contribution in [3.63, 3.8) is 0 Å². The van der Waals surface area contributed by atoms with Crippen LogP contribution in [0.4, 0.5) is 5.82 Å². The smallest absolute Gasteiger partial charge is 0.165 e. The van der Waals surface area contributed by atoms with Crippen LogP contribution in [0.2, 0.25) is 0 Å². The van der Waals surface area contributed by atoms with E-state index in [1.54, 1.807) is 15.9 Å². The molecule has 1 fully saturated rings. The molecule has 0 spiro atoms. The molecule has 0 aliphatic heterocycles. The summed E-state index contributed by atoms with van der Waals surface area (Å²) in [4.78, 5) is 9.57. The summed E-state index contributed by atoms with van der Waals surface area (Å²) >= 11 is 5.36. The highest BCUT2D eigenvalue weighted by atomic mass is 79.9. The Morgan fingerprint density at radius 3 is 2.88 bits per heavy atom. The third-order valence-corrected chi connectivity index (χ3v) is 6.92. The number of nitrogens with zero attached hydrogens (tertiary/aromatic N) is 4. The van der Waals surface area contributed by atoms with Crippen LogP contribution in [0, 0.1) is 0 Å². The minimum Gasteiger partial charge on any atom is -0.383 e. The van der Waals surface area contributed by atoms with Gasteiger partial charge in [0, 0.05) is 23.2 Å². The molecule has 5 nitrogen and oxygen atoms in total. The minimum absolute atomic E-state index is 0.464. The molecule has 0 aromatic carbocycles. The first kappa shape index (κ1) is 16.2. The minimum atomic E-state index is 0.464. The van der Waals surface area contributed by atoms with Gasteiger partial charge in [-0.3, -0.25) is 4.98 Å². The summed E-state index contributed by atoms with van der Waals surface area (Å²) < 4.78 is 3.78. The Morgan fingerprint density at radius 2 is 2.04 bits per heavy atom. The lowest BCUT2D eigenvalue weighted by molar-refractivity contribution is 0.435. The predicted octanol–water partition coefficient (Wildman–Crippen LogP) is 5.40. The number of hydrogen-bond acceptors (Lipinski definition) is 5. The van der Waals surface area contributed by atoms with Crippen molar-refractivity contribution < 1.29 is 0 Å². The number of rotatable bonds is 2. The van der Waals surface area contributed by atoms with Gasteiger partial charge >= 0.3 is 0 Å². The number of fused-ring (bicyclic) bond motifs is 2. The largest absolute Gasteiger partial charge is 0.383 e. The maximum atomic E-state index is 6.39. The van der Waals surface area contributed by atoms with E-state index in [0.29, 0.717) is 11.7 Å². The van der Waals surface area contributed by atoms with Crippen LogP contribution in [0.15, 0.2) is 34.4 Å². The molecule has 0 amide bonds. The average molecular weight is 428 g/mol. The highest BCUT2D eigenvalue weighted by Gasteiger charge is 2.24. The van der Waals surface area contributed by atoms with Crippen molar-refractivity contribution >= 4 is 48.9 Å². The van der Waals surface area contributed by atoms with Gasteiger partial charge < -0.3 is 5.73 Å². The Morgan fingerprint density at radius 1 is 1.19 bits per heavy atom. The summed E-state index contributed by atoms with van der Waals surface area (Å²) in [5.74, 6) is 1.08. The number of anilines is 1. The second kappa shape index (κ2) is 6.32. The molecule has 5 rings (SSSR count). The Labute approximate surface area is 163 Å². The Balaban J connectivity index is 1.69. The van der Waals surface area contributed by atoms with Gasteiger partial charge in [-0.1, -0.05) is 19.3 Å². The third-order valence-electron chi connectivity index (χ3n) is 5.25. The maximum absolute atomic E-state index is 6.39. The van der Waals surface area contributed by atoms with Crippen molar-refractivity contribution in [3.05, 3.63) is 40.1 Å². The monoisotopic (exact) mass is 427 g/mol. The lowest BCUT2D eigenvalue weighted by atomic mass is 9.87. The van der Waals surface area contributed by atoms with Gasteiger partial charge in [0.25, 0.3) is 0 Å². The normalized spacial score (nSPS) is 15.9. The van der Waals surface area contributed by atoms with E-state index in [1.807, 2.05) is 18.5 Å².